The van der Waals surface area contributed by atoms with E-state index >= 15 is 0 Å². The van der Waals surface area contributed by atoms with Gasteiger partial charge in [-0.15, -0.1) is 11.3 Å². The molecule has 1 aliphatic heterocycles. The summed E-state index contributed by atoms with van der Waals surface area (Å²) in [7, 11) is 0. The van der Waals surface area contributed by atoms with Crippen LogP contribution in [-0.4, -0.2) is 30.1 Å². The van der Waals surface area contributed by atoms with Gasteiger partial charge in [0.2, 0.25) is 0 Å². The van der Waals surface area contributed by atoms with Gasteiger partial charge in [0.25, 0.3) is 0 Å². The molecule has 0 aromatic carbocycles. The quantitative estimate of drug-likeness (QED) is 0.722. The Labute approximate surface area is 80.6 Å². The lowest BCUT2D eigenvalue weighted by molar-refractivity contribution is 0.0311. The minimum Gasteiger partial charge on any atom is -0.386 e. The summed E-state index contributed by atoms with van der Waals surface area (Å²) in [6, 6.07) is 1.85. The zero-order chi connectivity index (χ0) is 9.47. The molecule has 1 aromatic heterocycles. The van der Waals surface area contributed by atoms with Crippen LogP contribution < -0.4 is 4.90 Å². The molecule has 13 heavy (non-hydrogen) atoms. The third-order valence-electron chi connectivity index (χ3n) is 2.15. The largest absolute Gasteiger partial charge is 0.386 e. The van der Waals surface area contributed by atoms with E-state index in [0.717, 1.165) is 16.9 Å². The zero-order valence-corrected chi connectivity index (χ0v) is 8.17. The highest BCUT2D eigenvalue weighted by atomic mass is 32.1. The van der Waals surface area contributed by atoms with Crippen LogP contribution in [0.2, 0.25) is 0 Å². The third kappa shape index (κ3) is 1.59. The molecule has 70 valence electrons. The van der Waals surface area contributed by atoms with Crippen LogP contribution in [0.5, 0.6) is 0 Å². The number of anilines is 1. The van der Waals surface area contributed by atoms with Crippen molar-refractivity contribution in [1.29, 1.82) is 0 Å². The van der Waals surface area contributed by atoms with Crippen LogP contribution in [0.3, 0.4) is 0 Å². The number of rotatable bonds is 2. The Morgan fingerprint density at radius 3 is 2.85 bits per heavy atom. The smallest absolute Gasteiger partial charge is 0.160 e. The summed E-state index contributed by atoms with van der Waals surface area (Å²) in [5, 5.41) is 11.4. The van der Waals surface area contributed by atoms with Crippen LogP contribution in [0.1, 0.15) is 16.6 Å². The molecule has 0 aliphatic carbocycles. The highest BCUT2D eigenvalue weighted by molar-refractivity contribution is 7.12. The topological polar surface area (TPSA) is 40.5 Å². The Kier molecular flexibility index (Phi) is 1.89. The molecular weight excluding hydrogens is 186 g/mol. The SMILES string of the molecule is CC1(O)CN(c2csc(C=O)c2)C1. The molecule has 4 heteroatoms. The number of thiophene rings is 1. The molecule has 1 fully saturated rings. The van der Waals surface area contributed by atoms with E-state index in [0.29, 0.717) is 13.1 Å². The maximum atomic E-state index is 10.4. The molecule has 0 amide bonds. The van der Waals surface area contributed by atoms with Gasteiger partial charge in [-0.3, -0.25) is 4.79 Å². The first kappa shape index (κ1) is 8.72. The zero-order valence-electron chi connectivity index (χ0n) is 7.36. The van der Waals surface area contributed by atoms with Crippen molar-refractivity contribution >= 4 is 23.3 Å². The maximum absolute atomic E-state index is 10.4. The summed E-state index contributed by atoms with van der Waals surface area (Å²) >= 11 is 1.44. The number of aliphatic hydroxyl groups is 1. The molecule has 0 spiro atoms. The summed E-state index contributed by atoms with van der Waals surface area (Å²) in [4.78, 5) is 13.2. The molecular formula is C9H11NO2S. The summed E-state index contributed by atoms with van der Waals surface area (Å²) < 4.78 is 0. The second-order valence-electron chi connectivity index (χ2n) is 3.68. The first-order chi connectivity index (χ1) is 6.11. The molecule has 0 atom stereocenters. The van der Waals surface area contributed by atoms with Crippen LogP contribution in [0, 0.1) is 0 Å². The number of hydrogen-bond acceptors (Lipinski definition) is 4. The first-order valence-corrected chi connectivity index (χ1v) is 5.00. The van der Waals surface area contributed by atoms with E-state index in [9.17, 15) is 9.90 Å². The second kappa shape index (κ2) is 2.82. The maximum Gasteiger partial charge on any atom is 0.160 e. The summed E-state index contributed by atoms with van der Waals surface area (Å²) in [6.07, 6.45) is 0.853. The number of carbonyl (C=O) groups excluding carboxylic acids is 1. The van der Waals surface area contributed by atoms with Crippen molar-refractivity contribution in [3.63, 3.8) is 0 Å². The molecule has 0 radical (unpaired) electrons. The van der Waals surface area contributed by atoms with Gasteiger partial charge in [0.05, 0.1) is 10.5 Å². The van der Waals surface area contributed by atoms with Crippen LogP contribution in [-0.2, 0) is 0 Å². The van der Waals surface area contributed by atoms with Gasteiger partial charge in [0.15, 0.2) is 6.29 Å². The van der Waals surface area contributed by atoms with Gasteiger partial charge in [-0.1, -0.05) is 0 Å². The minimum atomic E-state index is -0.552. The molecule has 0 bridgehead atoms. The summed E-state index contributed by atoms with van der Waals surface area (Å²) in [5.41, 5.74) is 0.488. The lowest BCUT2D eigenvalue weighted by Gasteiger charge is -2.45. The molecule has 2 heterocycles. The second-order valence-corrected chi connectivity index (χ2v) is 4.62. The van der Waals surface area contributed by atoms with Gasteiger partial charge in [-0.25, -0.2) is 0 Å². The van der Waals surface area contributed by atoms with E-state index in [1.165, 1.54) is 11.3 Å². The fraction of sp³-hybridized carbons (Fsp3) is 0.444. The van der Waals surface area contributed by atoms with E-state index in [-0.39, 0.29) is 0 Å². The minimum absolute atomic E-state index is 0.552. The van der Waals surface area contributed by atoms with E-state index in [4.69, 9.17) is 0 Å². The normalized spacial score (nSPS) is 19.7. The van der Waals surface area contributed by atoms with Gasteiger partial charge in [-0.05, 0) is 13.0 Å². The fourth-order valence-corrected chi connectivity index (χ4v) is 2.25. The van der Waals surface area contributed by atoms with Gasteiger partial charge in [-0.2, -0.15) is 0 Å². The number of nitrogens with zero attached hydrogens (tertiary/aromatic N) is 1. The van der Waals surface area contributed by atoms with Crippen molar-refractivity contribution in [2.45, 2.75) is 12.5 Å². The van der Waals surface area contributed by atoms with Crippen LogP contribution >= 0.6 is 11.3 Å². The standard InChI is InChI=1S/C9H11NO2S/c1-9(12)5-10(6-9)7-2-8(3-11)13-4-7/h2-4,12H,5-6H2,1H3. The lowest BCUT2D eigenvalue weighted by atomic mass is 9.97. The van der Waals surface area contributed by atoms with Gasteiger partial charge in [0, 0.05) is 24.2 Å². The monoisotopic (exact) mass is 197 g/mol. The van der Waals surface area contributed by atoms with Gasteiger partial charge < -0.3 is 10.0 Å². The summed E-state index contributed by atoms with van der Waals surface area (Å²) in [5.74, 6) is 0. The first-order valence-electron chi connectivity index (χ1n) is 4.12. The summed E-state index contributed by atoms with van der Waals surface area (Å²) in [6.45, 7) is 3.13. The Bertz CT molecular complexity index is 324. The number of β-amino-alcohol motifs (C(OH)–C–C–N with tert-alkyl or cyclic N) is 1. The van der Waals surface area contributed by atoms with Crippen molar-refractivity contribution in [1.82, 2.24) is 0 Å². The average Bonchev–Trinajstić information content (AvgIpc) is 2.47. The van der Waals surface area contributed by atoms with Crippen LogP contribution in [0.15, 0.2) is 11.4 Å². The van der Waals surface area contributed by atoms with Crippen LogP contribution in [0.4, 0.5) is 5.69 Å². The van der Waals surface area contributed by atoms with Crippen molar-refractivity contribution in [3.05, 3.63) is 16.3 Å². The number of carbonyl (C=O) groups is 1. The van der Waals surface area contributed by atoms with Gasteiger partial charge in [0.1, 0.15) is 0 Å². The highest BCUT2D eigenvalue weighted by Gasteiger charge is 2.36. The third-order valence-corrected chi connectivity index (χ3v) is 3.00. The number of aldehydes is 1. The Hall–Kier alpha value is -0.870. The average molecular weight is 197 g/mol. The molecule has 0 saturated carbocycles. The fourth-order valence-electron chi connectivity index (χ4n) is 1.53. The van der Waals surface area contributed by atoms with Crippen molar-refractivity contribution in [2.75, 3.05) is 18.0 Å². The van der Waals surface area contributed by atoms with Crippen LogP contribution in [0.25, 0.3) is 0 Å². The highest BCUT2D eigenvalue weighted by Crippen LogP contribution is 2.30. The van der Waals surface area contributed by atoms with E-state index in [2.05, 4.69) is 4.90 Å². The molecule has 1 aromatic rings. The van der Waals surface area contributed by atoms with Crippen molar-refractivity contribution in [3.8, 4) is 0 Å². The predicted molar refractivity (Wildman–Crippen MR) is 52.5 cm³/mol. The number of hydrogen-bond donors (Lipinski definition) is 1. The van der Waals surface area contributed by atoms with E-state index in [1.54, 1.807) is 0 Å². The Balaban J connectivity index is 2.07. The van der Waals surface area contributed by atoms with E-state index < -0.39 is 5.60 Å². The molecule has 1 N–H and O–H groups in total. The van der Waals surface area contributed by atoms with Gasteiger partial charge >= 0.3 is 0 Å². The molecule has 3 nitrogen and oxygen atoms in total. The van der Waals surface area contributed by atoms with E-state index in [1.807, 2.05) is 18.4 Å². The molecule has 0 unspecified atom stereocenters. The molecule has 1 saturated heterocycles. The lowest BCUT2D eigenvalue weighted by Crippen LogP contribution is -2.60. The Morgan fingerprint density at radius 2 is 2.38 bits per heavy atom. The predicted octanol–water partition coefficient (Wildman–Crippen LogP) is 1.13. The Morgan fingerprint density at radius 1 is 1.69 bits per heavy atom. The molecule has 2 rings (SSSR count). The molecule has 1 aliphatic rings. The van der Waals surface area contributed by atoms with Crippen molar-refractivity contribution in [2.24, 2.45) is 0 Å². The van der Waals surface area contributed by atoms with Crippen molar-refractivity contribution < 1.29 is 9.90 Å².